The molecule has 0 spiro atoms. The molecule has 144 valence electrons. The van der Waals surface area contributed by atoms with Gasteiger partial charge in [0.05, 0.1) is 0 Å². The number of aromatic nitrogens is 1. The number of para-hydroxylation sites is 1. The van der Waals surface area contributed by atoms with Gasteiger partial charge in [-0.3, -0.25) is 4.79 Å². The number of hydrogen-bond donors (Lipinski definition) is 2. The highest BCUT2D eigenvalue weighted by molar-refractivity contribution is 5.92. The number of ether oxygens (including phenoxy) is 1. The first-order valence-corrected chi connectivity index (χ1v) is 8.89. The number of benzene rings is 1. The monoisotopic (exact) mass is 372 g/mol. The molecule has 0 atom stereocenters. The van der Waals surface area contributed by atoms with E-state index in [1.165, 1.54) is 6.20 Å². The van der Waals surface area contributed by atoms with Gasteiger partial charge in [-0.05, 0) is 32.9 Å². The van der Waals surface area contributed by atoms with Crippen LogP contribution in [0.2, 0.25) is 0 Å². The van der Waals surface area contributed by atoms with Crippen molar-refractivity contribution in [1.82, 2.24) is 14.8 Å². The van der Waals surface area contributed by atoms with Gasteiger partial charge in [0.15, 0.2) is 0 Å². The highest BCUT2D eigenvalue weighted by Crippen LogP contribution is 2.13. The van der Waals surface area contributed by atoms with Gasteiger partial charge in [0.25, 0.3) is 0 Å². The van der Waals surface area contributed by atoms with Crippen molar-refractivity contribution in [2.24, 2.45) is 0 Å². The minimum Gasteiger partial charge on any atom is -0.444 e. The molecule has 0 bridgehead atoms. The van der Waals surface area contributed by atoms with Gasteiger partial charge in [0.2, 0.25) is 5.43 Å². The van der Waals surface area contributed by atoms with Gasteiger partial charge in [-0.2, -0.15) is 0 Å². The Labute approximate surface area is 157 Å². The van der Waals surface area contributed by atoms with E-state index >= 15 is 0 Å². The predicted molar refractivity (Wildman–Crippen MR) is 103 cm³/mol. The van der Waals surface area contributed by atoms with Crippen LogP contribution in [0.5, 0.6) is 0 Å². The number of aromatic amines is 1. The maximum absolute atomic E-state index is 12.5. The smallest absolute Gasteiger partial charge is 0.410 e. The van der Waals surface area contributed by atoms with Crippen molar-refractivity contribution < 1.29 is 14.3 Å². The fourth-order valence-corrected chi connectivity index (χ4v) is 2.87. The molecule has 2 heterocycles. The summed E-state index contributed by atoms with van der Waals surface area (Å²) in [6, 6.07) is 6.76. The molecule has 1 aliphatic rings. The molecule has 1 aromatic heterocycles. The first kappa shape index (κ1) is 18.8. The third kappa shape index (κ3) is 4.39. The largest absolute Gasteiger partial charge is 0.444 e. The van der Waals surface area contributed by atoms with E-state index in [0.29, 0.717) is 37.1 Å². The lowest BCUT2D eigenvalue weighted by Crippen LogP contribution is -2.52. The molecular weight excluding hydrogens is 348 g/mol. The number of urea groups is 1. The summed E-state index contributed by atoms with van der Waals surface area (Å²) in [6.45, 7) is 6.96. The summed E-state index contributed by atoms with van der Waals surface area (Å²) in [7, 11) is 0. The van der Waals surface area contributed by atoms with E-state index < -0.39 is 5.60 Å². The third-order valence-electron chi connectivity index (χ3n) is 4.25. The van der Waals surface area contributed by atoms with E-state index in [1.807, 2.05) is 26.8 Å². The second-order valence-electron chi connectivity index (χ2n) is 7.46. The van der Waals surface area contributed by atoms with Crippen molar-refractivity contribution >= 4 is 28.7 Å². The molecule has 2 aromatic rings. The first-order valence-electron chi connectivity index (χ1n) is 8.89. The third-order valence-corrected chi connectivity index (χ3v) is 4.25. The van der Waals surface area contributed by atoms with E-state index in [1.54, 1.807) is 28.0 Å². The number of carbonyl (C=O) groups is 2. The maximum Gasteiger partial charge on any atom is 0.410 e. The minimum atomic E-state index is -0.553. The molecule has 2 N–H and O–H groups in total. The lowest BCUT2D eigenvalue weighted by molar-refractivity contribution is 0.0174. The van der Waals surface area contributed by atoms with E-state index in [0.717, 1.165) is 0 Å². The average Bonchev–Trinajstić information content (AvgIpc) is 2.63. The van der Waals surface area contributed by atoms with Crippen LogP contribution in [-0.2, 0) is 4.74 Å². The van der Waals surface area contributed by atoms with Gasteiger partial charge in [-0.25, -0.2) is 9.59 Å². The summed E-state index contributed by atoms with van der Waals surface area (Å²) in [5.74, 6) is 0. The highest BCUT2D eigenvalue weighted by Gasteiger charge is 2.27. The Bertz CT molecular complexity index is 908. The lowest BCUT2D eigenvalue weighted by atomic mass is 10.2. The SMILES string of the molecule is CC(C)(C)OC(=O)N1CCN(C(=O)Nc2c[nH]c3ccccc3c2=O)CC1. The summed E-state index contributed by atoms with van der Waals surface area (Å²) in [4.78, 5) is 43.2. The number of hydrogen-bond acceptors (Lipinski definition) is 4. The molecule has 1 fully saturated rings. The van der Waals surface area contributed by atoms with Gasteiger partial charge in [0.1, 0.15) is 11.3 Å². The summed E-state index contributed by atoms with van der Waals surface area (Å²) >= 11 is 0. The van der Waals surface area contributed by atoms with Gasteiger partial charge < -0.3 is 24.8 Å². The molecule has 3 rings (SSSR count). The fraction of sp³-hybridized carbons (Fsp3) is 0.421. The summed E-state index contributed by atoms with van der Waals surface area (Å²) < 4.78 is 5.35. The highest BCUT2D eigenvalue weighted by atomic mass is 16.6. The average molecular weight is 372 g/mol. The number of pyridine rings is 1. The van der Waals surface area contributed by atoms with Crippen molar-refractivity contribution in [3.05, 3.63) is 40.7 Å². The molecule has 1 saturated heterocycles. The number of amides is 3. The van der Waals surface area contributed by atoms with E-state index in [2.05, 4.69) is 10.3 Å². The molecule has 8 heteroatoms. The minimum absolute atomic E-state index is 0.202. The first-order chi connectivity index (χ1) is 12.7. The number of nitrogens with one attached hydrogen (secondary N) is 2. The molecule has 0 saturated carbocycles. The molecule has 0 unspecified atom stereocenters. The van der Waals surface area contributed by atoms with Gasteiger partial charge in [-0.1, -0.05) is 12.1 Å². The van der Waals surface area contributed by atoms with Crippen LogP contribution in [0.3, 0.4) is 0 Å². The van der Waals surface area contributed by atoms with Crippen molar-refractivity contribution in [3.8, 4) is 0 Å². The van der Waals surface area contributed by atoms with Crippen LogP contribution in [0.4, 0.5) is 15.3 Å². The number of carbonyl (C=O) groups excluding carboxylic acids is 2. The Morgan fingerprint density at radius 2 is 1.70 bits per heavy atom. The van der Waals surface area contributed by atoms with Crippen LogP contribution in [0.25, 0.3) is 10.9 Å². The fourth-order valence-electron chi connectivity index (χ4n) is 2.87. The predicted octanol–water partition coefficient (Wildman–Crippen LogP) is 2.61. The Kier molecular flexibility index (Phi) is 5.07. The zero-order valence-electron chi connectivity index (χ0n) is 15.7. The summed E-state index contributed by atoms with van der Waals surface area (Å²) in [5, 5.41) is 3.18. The van der Waals surface area contributed by atoms with Crippen LogP contribution in [-0.4, -0.2) is 58.7 Å². The van der Waals surface area contributed by atoms with E-state index in [-0.39, 0.29) is 23.2 Å². The number of nitrogens with zero attached hydrogens (tertiary/aromatic N) is 2. The Morgan fingerprint density at radius 3 is 2.37 bits per heavy atom. The van der Waals surface area contributed by atoms with Crippen LogP contribution >= 0.6 is 0 Å². The second-order valence-corrected chi connectivity index (χ2v) is 7.46. The summed E-state index contributed by atoms with van der Waals surface area (Å²) in [5.41, 5.74) is 0.132. The van der Waals surface area contributed by atoms with Gasteiger partial charge >= 0.3 is 12.1 Å². The second kappa shape index (κ2) is 7.30. The quantitative estimate of drug-likeness (QED) is 0.804. The van der Waals surface area contributed by atoms with Crippen LogP contribution in [0.1, 0.15) is 20.8 Å². The van der Waals surface area contributed by atoms with Gasteiger partial charge in [0, 0.05) is 43.3 Å². The Balaban J connectivity index is 1.61. The molecule has 3 amide bonds. The van der Waals surface area contributed by atoms with Crippen molar-refractivity contribution in [2.45, 2.75) is 26.4 Å². The van der Waals surface area contributed by atoms with Crippen LogP contribution in [0.15, 0.2) is 35.3 Å². The van der Waals surface area contributed by atoms with E-state index in [9.17, 15) is 14.4 Å². The van der Waals surface area contributed by atoms with Crippen molar-refractivity contribution in [1.29, 1.82) is 0 Å². The molecule has 8 nitrogen and oxygen atoms in total. The molecule has 1 aliphatic heterocycles. The zero-order valence-corrected chi connectivity index (χ0v) is 15.7. The number of fused-ring (bicyclic) bond motifs is 1. The molecule has 27 heavy (non-hydrogen) atoms. The van der Waals surface area contributed by atoms with Crippen LogP contribution < -0.4 is 10.7 Å². The van der Waals surface area contributed by atoms with Crippen molar-refractivity contribution in [3.63, 3.8) is 0 Å². The standard InChI is InChI=1S/C19H24N4O4/c1-19(2,3)27-18(26)23-10-8-22(9-11-23)17(25)21-15-12-20-14-7-5-4-6-13(14)16(15)24/h4-7,12H,8-11H2,1-3H3,(H,20,24)(H,21,25). The Hall–Kier alpha value is -3.03. The lowest BCUT2D eigenvalue weighted by Gasteiger charge is -2.35. The number of H-pyrrole nitrogens is 1. The number of anilines is 1. The Morgan fingerprint density at radius 1 is 1.07 bits per heavy atom. The van der Waals surface area contributed by atoms with Crippen molar-refractivity contribution in [2.75, 3.05) is 31.5 Å². The van der Waals surface area contributed by atoms with Crippen LogP contribution in [0, 0.1) is 0 Å². The maximum atomic E-state index is 12.5. The molecule has 0 aliphatic carbocycles. The number of rotatable bonds is 1. The molecule has 0 radical (unpaired) electrons. The normalized spacial score (nSPS) is 14.9. The topological polar surface area (TPSA) is 94.7 Å². The van der Waals surface area contributed by atoms with Gasteiger partial charge in [-0.15, -0.1) is 0 Å². The molecular formula is C19H24N4O4. The molecule has 1 aromatic carbocycles. The van der Waals surface area contributed by atoms with E-state index in [4.69, 9.17) is 4.74 Å². The number of piperazine rings is 1. The zero-order chi connectivity index (χ0) is 19.6. The summed E-state index contributed by atoms with van der Waals surface area (Å²) in [6.07, 6.45) is 1.12.